The molecule has 0 bridgehead atoms. The van der Waals surface area contributed by atoms with Crippen LogP contribution in [0.5, 0.6) is 0 Å². The van der Waals surface area contributed by atoms with Crippen LogP contribution in [0.1, 0.15) is 18.4 Å². The molecule has 3 heteroatoms. The summed E-state index contributed by atoms with van der Waals surface area (Å²) in [5, 5.41) is 13.0. The van der Waals surface area contributed by atoms with E-state index in [-0.39, 0.29) is 0 Å². The molecule has 0 aromatic heterocycles. The summed E-state index contributed by atoms with van der Waals surface area (Å²) in [7, 11) is 2.08. The van der Waals surface area contributed by atoms with Crippen LogP contribution in [0.3, 0.4) is 0 Å². The monoisotopic (exact) mass is 284 g/mol. The molecule has 0 saturated heterocycles. The number of fused-ring (bicyclic) bond motifs is 1. The molecule has 3 N–H and O–H groups in total. The van der Waals surface area contributed by atoms with Gasteiger partial charge in [0.15, 0.2) is 0 Å². The van der Waals surface area contributed by atoms with Crippen LogP contribution in [-0.2, 0) is 6.54 Å². The SMILES string of the molecule is CN(Cc1cccc2ccccc12)CC1(O)CC(CN)C1. The van der Waals surface area contributed by atoms with Crippen molar-refractivity contribution in [3.8, 4) is 0 Å². The molecule has 1 saturated carbocycles. The van der Waals surface area contributed by atoms with Crippen LogP contribution in [-0.4, -0.2) is 35.7 Å². The van der Waals surface area contributed by atoms with Crippen molar-refractivity contribution in [1.29, 1.82) is 0 Å². The number of benzene rings is 2. The van der Waals surface area contributed by atoms with Gasteiger partial charge in [0.2, 0.25) is 0 Å². The first kappa shape index (κ1) is 14.5. The average Bonchev–Trinajstić information content (AvgIpc) is 2.44. The van der Waals surface area contributed by atoms with Crippen LogP contribution in [0.15, 0.2) is 42.5 Å². The van der Waals surface area contributed by atoms with E-state index in [1.165, 1.54) is 16.3 Å². The minimum Gasteiger partial charge on any atom is -0.389 e. The van der Waals surface area contributed by atoms with Crippen molar-refractivity contribution in [2.75, 3.05) is 20.1 Å². The summed E-state index contributed by atoms with van der Waals surface area (Å²) in [5.74, 6) is 0.501. The summed E-state index contributed by atoms with van der Waals surface area (Å²) in [6.45, 7) is 2.26. The smallest absolute Gasteiger partial charge is 0.0780 e. The molecule has 1 aliphatic rings. The molecule has 0 aliphatic heterocycles. The maximum Gasteiger partial charge on any atom is 0.0780 e. The van der Waals surface area contributed by atoms with Crippen molar-refractivity contribution in [1.82, 2.24) is 4.90 Å². The normalized spacial score (nSPS) is 25.2. The first-order chi connectivity index (χ1) is 10.1. The van der Waals surface area contributed by atoms with Gasteiger partial charge in [-0.15, -0.1) is 0 Å². The molecule has 0 heterocycles. The highest BCUT2D eigenvalue weighted by molar-refractivity contribution is 5.85. The van der Waals surface area contributed by atoms with Crippen molar-refractivity contribution in [3.05, 3.63) is 48.0 Å². The average molecular weight is 284 g/mol. The van der Waals surface area contributed by atoms with Crippen LogP contribution in [0.4, 0.5) is 0 Å². The van der Waals surface area contributed by atoms with Gasteiger partial charge in [-0.25, -0.2) is 0 Å². The molecule has 1 fully saturated rings. The molecule has 0 spiro atoms. The van der Waals surface area contributed by atoms with E-state index in [0.29, 0.717) is 19.0 Å². The first-order valence-corrected chi connectivity index (χ1v) is 7.67. The molecule has 2 aromatic rings. The zero-order chi connectivity index (χ0) is 14.9. The lowest BCUT2D eigenvalue weighted by Gasteiger charge is -2.45. The van der Waals surface area contributed by atoms with Gasteiger partial charge in [-0.3, -0.25) is 4.90 Å². The minimum absolute atomic E-state index is 0.501. The van der Waals surface area contributed by atoms with Gasteiger partial charge in [-0.2, -0.15) is 0 Å². The molecular formula is C18H24N2O. The highest BCUT2D eigenvalue weighted by Gasteiger charge is 2.42. The Morgan fingerprint density at radius 3 is 2.67 bits per heavy atom. The number of likely N-dealkylation sites (N-methyl/N-ethyl adjacent to an activating group) is 1. The number of nitrogens with two attached hydrogens (primary N) is 1. The van der Waals surface area contributed by atoms with Gasteiger partial charge in [0.25, 0.3) is 0 Å². The maximum absolute atomic E-state index is 10.5. The van der Waals surface area contributed by atoms with E-state index >= 15 is 0 Å². The fourth-order valence-corrected chi connectivity index (χ4v) is 3.59. The quantitative estimate of drug-likeness (QED) is 0.886. The fourth-order valence-electron chi connectivity index (χ4n) is 3.59. The van der Waals surface area contributed by atoms with Gasteiger partial charge in [-0.05, 0) is 48.7 Å². The fraction of sp³-hybridized carbons (Fsp3) is 0.444. The number of nitrogens with zero attached hydrogens (tertiary/aromatic N) is 1. The van der Waals surface area contributed by atoms with Gasteiger partial charge in [0, 0.05) is 13.1 Å². The van der Waals surface area contributed by atoms with Crippen molar-refractivity contribution >= 4 is 10.8 Å². The number of hydrogen-bond donors (Lipinski definition) is 2. The van der Waals surface area contributed by atoms with E-state index in [2.05, 4.69) is 54.4 Å². The molecular weight excluding hydrogens is 260 g/mol. The lowest BCUT2D eigenvalue weighted by Crippen LogP contribution is -2.53. The predicted molar refractivity (Wildman–Crippen MR) is 87.0 cm³/mol. The Balaban J connectivity index is 1.68. The third-order valence-electron chi connectivity index (χ3n) is 4.56. The van der Waals surface area contributed by atoms with E-state index in [4.69, 9.17) is 5.73 Å². The number of rotatable bonds is 5. The highest BCUT2D eigenvalue weighted by atomic mass is 16.3. The van der Waals surface area contributed by atoms with Crippen molar-refractivity contribution in [2.45, 2.75) is 25.0 Å². The third-order valence-corrected chi connectivity index (χ3v) is 4.56. The summed E-state index contributed by atoms with van der Waals surface area (Å²) >= 11 is 0. The molecule has 0 unspecified atom stereocenters. The van der Waals surface area contributed by atoms with E-state index in [1.54, 1.807) is 0 Å². The summed E-state index contributed by atoms with van der Waals surface area (Å²) in [6, 6.07) is 14.9. The second-order valence-electron chi connectivity index (χ2n) is 6.54. The van der Waals surface area contributed by atoms with Crippen LogP contribution in [0, 0.1) is 5.92 Å². The maximum atomic E-state index is 10.5. The Morgan fingerprint density at radius 2 is 1.90 bits per heavy atom. The van der Waals surface area contributed by atoms with Crippen LogP contribution >= 0.6 is 0 Å². The zero-order valence-electron chi connectivity index (χ0n) is 12.6. The van der Waals surface area contributed by atoms with Crippen LogP contribution in [0.2, 0.25) is 0 Å². The van der Waals surface area contributed by atoms with E-state index < -0.39 is 5.60 Å². The lowest BCUT2D eigenvalue weighted by atomic mass is 9.70. The minimum atomic E-state index is -0.538. The second kappa shape index (κ2) is 5.76. The Morgan fingerprint density at radius 1 is 1.19 bits per heavy atom. The second-order valence-corrected chi connectivity index (χ2v) is 6.54. The third kappa shape index (κ3) is 3.10. The molecule has 1 aliphatic carbocycles. The van der Waals surface area contributed by atoms with Gasteiger partial charge < -0.3 is 10.8 Å². The van der Waals surface area contributed by atoms with Crippen LogP contribution < -0.4 is 5.73 Å². The van der Waals surface area contributed by atoms with Crippen molar-refractivity contribution in [3.63, 3.8) is 0 Å². The molecule has 2 aromatic carbocycles. The van der Waals surface area contributed by atoms with Gasteiger partial charge >= 0.3 is 0 Å². The highest BCUT2D eigenvalue weighted by Crippen LogP contribution is 2.37. The van der Waals surface area contributed by atoms with Crippen molar-refractivity contribution in [2.24, 2.45) is 11.7 Å². The number of aliphatic hydroxyl groups is 1. The summed E-state index contributed by atoms with van der Waals surface area (Å²) < 4.78 is 0. The lowest BCUT2D eigenvalue weighted by molar-refractivity contribution is -0.0881. The summed E-state index contributed by atoms with van der Waals surface area (Å²) in [4.78, 5) is 2.22. The molecule has 21 heavy (non-hydrogen) atoms. The Labute approximate surface area is 126 Å². The zero-order valence-corrected chi connectivity index (χ0v) is 12.6. The molecule has 0 amide bonds. The van der Waals surface area contributed by atoms with E-state index in [0.717, 1.165) is 19.4 Å². The largest absolute Gasteiger partial charge is 0.389 e. The van der Waals surface area contributed by atoms with E-state index in [1.807, 2.05) is 0 Å². The standard InChI is InChI=1S/C18H24N2O/c1-20(13-18(21)9-14(10-18)11-19)12-16-7-4-6-15-5-2-3-8-17(15)16/h2-8,14,21H,9-13,19H2,1H3. The Bertz CT molecular complexity index is 614. The molecule has 0 radical (unpaired) electrons. The van der Waals surface area contributed by atoms with Gasteiger partial charge in [0.1, 0.15) is 0 Å². The van der Waals surface area contributed by atoms with Gasteiger partial charge in [-0.1, -0.05) is 42.5 Å². The molecule has 3 rings (SSSR count). The predicted octanol–water partition coefficient (Wildman–Crippen LogP) is 2.37. The first-order valence-electron chi connectivity index (χ1n) is 7.67. The summed E-state index contributed by atoms with van der Waals surface area (Å²) in [6.07, 6.45) is 1.67. The van der Waals surface area contributed by atoms with Gasteiger partial charge in [0.05, 0.1) is 5.60 Å². The topological polar surface area (TPSA) is 49.5 Å². The Hall–Kier alpha value is -1.42. The van der Waals surface area contributed by atoms with E-state index in [9.17, 15) is 5.11 Å². The Kier molecular flexibility index (Phi) is 3.98. The molecule has 3 nitrogen and oxygen atoms in total. The molecule has 112 valence electrons. The van der Waals surface area contributed by atoms with Crippen LogP contribution in [0.25, 0.3) is 10.8 Å². The summed E-state index contributed by atoms with van der Waals surface area (Å²) in [5.41, 5.74) is 6.42. The number of hydrogen-bond acceptors (Lipinski definition) is 3. The van der Waals surface area contributed by atoms with Crippen molar-refractivity contribution < 1.29 is 5.11 Å². The molecule has 0 atom stereocenters.